The van der Waals surface area contributed by atoms with Crippen LogP contribution in [0.4, 0.5) is 9.18 Å². The van der Waals surface area contributed by atoms with Crippen molar-refractivity contribution < 1.29 is 18.7 Å². The average Bonchev–Trinajstić information content (AvgIpc) is 2.53. The summed E-state index contributed by atoms with van der Waals surface area (Å²) in [6, 6.07) is 3.68. The van der Waals surface area contributed by atoms with Gasteiger partial charge < -0.3 is 15.4 Å². The van der Waals surface area contributed by atoms with E-state index in [0.717, 1.165) is 22.6 Å². The molecule has 5 nitrogen and oxygen atoms in total. The Morgan fingerprint density at radius 2 is 2.17 bits per heavy atom. The van der Waals surface area contributed by atoms with E-state index in [4.69, 9.17) is 4.74 Å². The largest absolute Gasteiger partial charge is 0.450 e. The maximum atomic E-state index is 13.6. The van der Waals surface area contributed by atoms with Gasteiger partial charge in [0.25, 0.3) is 0 Å². The number of fused-ring (bicyclic) bond motifs is 1. The number of alkyl carbamates (subject to hydrolysis) is 1. The fourth-order valence-corrected chi connectivity index (χ4v) is 3.72. The van der Waals surface area contributed by atoms with Gasteiger partial charge in [-0.25, -0.2) is 9.18 Å². The molecule has 0 radical (unpaired) electrons. The van der Waals surface area contributed by atoms with Crippen LogP contribution in [-0.4, -0.2) is 30.4 Å². The van der Waals surface area contributed by atoms with Crippen LogP contribution in [0.5, 0.6) is 0 Å². The lowest BCUT2D eigenvalue weighted by Gasteiger charge is -2.29. The van der Waals surface area contributed by atoms with Crippen molar-refractivity contribution in [3.8, 4) is 0 Å². The Balaban J connectivity index is 2.10. The molecule has 0 fully saturated rings. The molecule has 1 aliphatic heterocycles. The Morgan fingerprint density at radius 1 is 1.42 bits per heavy atom. The number of rotatable bonds is 5. The molecule has 2 rings (SSSR count). The predicted octanol–water partition coefficient (Wildman–Crippen LogP) is 3.25. The summed E-state index contributed by atoms with van der Waals surface area (Å²) in [4.78, 5) is 25.2. The van der Waals surface area contributed by atoms with Crippen LogP contribution in [-0.2, 0) is 9.53 Å². The SMILES string of the molecule is CCOC(=O)N[C@H](C(=O)N[C@@H]1CCSc2ccc(F)cc21)C(C)C. The number of carbonyl (C=O) groups is 2. The third kappa shape index (κ3) is 4.63. The highest BCUT2D eigenvalue weighted by molar-refractivity contribution is 7.99. The molecule has 0 saturated heterocycles. The van der Waals surface area contributed by atoms with Gasteiger partial charge in [0.2, 0.25) is 5.91 Å². The van der Waals surface area contributed by atoms with Crippen molar-refractivity contribution in [1.82, 2.24) is 10.6 Å². The minimum absolute atomic E-state index is 0.0978. The van der Waals surface area contributed by atoms with E-state index in [1.165, 1.54) is 12.1 Å². The number of ether oxygens (including phenoxy) is 1. The normalized spacial score (nSPS) is 17.8. The molecule has 1 aromatic rings. The first kappa shape index (κ1) is 18.6. The van der Waals surface area contributed by atoms with Gasteiger partial charge in [-0.1, -0.05) is 13.8 Å². The molecule has 2 atom stereocenters. The molecule has 2 amide bonds. The van der Waals surface area contributed by atoms with Crippen LogP contribution in [0.2, 0.25) is 0 Å². The van der Waals surface area contributed by atoms with Gasteiger partial charge >= 0.3 is 6.09 Å². The maximum Gasteiger partial charge on any atom is 0.407 e. The summed E-state index contributed by atoms with van der Waals surface area (Å²) in [6.45, 7) is 5.64. The quantitative estimate of drug-likeness (QED) is 0.852. The van der Waals surface area contributed by atoms with Crippen LogP contribution >= 0.6 is 11.8 Å². The summed E-state index contributed by atoms with van der Waals surface area (Å²) in [7, 11) is 0. The molecule has 0 aromatic heterocycles. The lowest BCUT2D eigenvalue weighted by Crippen LogP contribution is -2.50. The molecular formula is C17H23FN2O3S. The van der Waals surface area contributed by atoms with Crippen LogP contribution in [0.25, 0.3) is 0 Å². The number of carbonyl (C=O) groups excluding carboxylic acids is 2. The molecule has 0 bridgehead atoms. The van der Waals surface area contributed by atoms with Gasteiger partial charge in [0, 0.05) is 10.6 Å². The van der Waals surface area contributed by atoms with E-state index < -0.39 is 12.1 Å². The minimum Gasteiger partial charge on any atom is -0.450 e. The number of nitrogens with one attached hydrogen (secondary N) is 2. The van der Waals surface area contributed by atoms with Gasteiger partial charge in [0.15, 0.2) is 0 Å². The second-order valence-electron chi connectivity index (χ2n) is 5.97. The zero-order chi connectivity index (χ0) is 17.7. The van der Waals surface area contributed by atoms with E-state index in [-0.39, 0.29) is 30.3 Å². The van der Waals surface area contributed by atoms with Gasteiger partial charge in [0.1, 0.15) is 11.9 Å². The first-order chi connectivity index (χ1) is 11.4. The van der Waals surface area contributed by atoms with Crippen LogP contribution in [0, 0.1) is 11.7 Å². The second-order valence-corrected chi connectivity index (χ2v) is 7.10. The van der Waals surface area contributed by atoms with Crippen LogP contribution < -0.4 is 10.6 Å². The van der Waals surface area contributed by atoms with E-state index in [1.807, 2.05) is 13.8 Å². The third-order valence-electron chi connectivity index (χ3n) is 3.83. The highest BCUT2D eigenvalue weighted by Gasteiger charge is 2.29. The van der Waals surface area contributed by atoms with Gasteiger partial charge in [-0.2, -0.15) is 0 Å². The molecule has 132 valence electrons. The first-order valence-electron chi connectivity index (χ1n) is 8.08. The number of hydrogen-bond acceptors (Lipinski definition) is 4. The summed E-state index contributed by atoms with van der Waals surface area (Å²) in [5, 5.41) is 5.53. The number of halogens is 1. The highest BCUT2D eigenvalue weighted by Crippen LogP contribution is 2.36. The molecule has 7 heteroatoms. The van der Waals surface area contributed by atoms with Crippen molar-refractivity contribution in [1.29, 1.82) is 0 Å². The molecule has 0 unspecified atom stereocenters. The Morgan fingerprint density at radius 3 is 2.83 bits per heavy atom. The zero-order valence-corrected chi connectivity index (χ0v) is 14.9. The Bertz CT molecular complexity index is 609. The van der Waals surface area contributed by atoms with Gasteiger partial charge in [-0.05, 0) is 43.0 Å². The number of thioether (sulfide) groups is 1. The second kappa shape index (κ2) is 8.37. The third-order valence-corrected chi connectivity index (χ3v) is 4.95. The first-order valence-corrected chi connectivity index (χ1v) is 9.06. The van der Waals surface area contributed by atoms with Crippen LogP contribution in [0.1, 0.15) is 38.8 Å². The van der Waals surface area contributed by atoms with E-state index >= 15 is 0 Å². The summed E-state index contributed by atoms with van der Waals surface area (Å²) in [6.07, 6.45) is 0.105. The van der Waals surface area contributed by atoms with Crippen molar-refractivity contribution in [2.24, 2.45) is 5.92 Å². The maximum absolute atomic E-state index is 13.6. The van der Waals surface area contributed by atoms with Crippen molar-refractivity contribution >= 4 is 23.8 Å². The van der Waals surface area contributed by atoms with Crippen molar-refractivity contribution in [3.05, 3.63) is 29.6 Å². The van der Waals surface area contributed by atoms with Crippen molar-refractivity contribution in [3.63, 3.8) is 0 Å². The Hall–Kier alpha value is -1.76. The molecule has 24 heavy (non-hydrogen) atoms. The zero-order valence-electron chi connectivity index (χ0n) is 14.1. The summed E-state index contributed by atoms with van der Waals surface area (Å²) >= 11 is 1.65. The lowest BCUT2D eigenvalue weighted by atomic mass is 10.00. The van der Waals surface area contributed by atoms with E-state index in [1.54, 1.807) is 24.8 Å². The highest BCUT2D eigenvalue weighted by atomic mass is 32.2. The molecule has 0 spiro atoms. The Kier molecular flexibility index (Phi) is 6.48. The van der Waals surface area contributed by atoms with E-state index in [9.17, 15) is 14.0 Å². The lowest BCUT2D eigenvalue weighted by molar-refractivity contribution is -0.124. The van der Waals surface area contributed by atoms with Gasteiger partial charge in [-0.3, -0.25) is 4.79 Å². The Labute approximate surface area is 145 Å². The van der Waals surface area contributed by atoms with E-state index in [2.05, 4.69) is 10.6 Å². The van der Waals surface area contributed by atoms with E-state index in [0.29, 0.717) is 0 Å². The summed E-state index contributed by atoms with van der Waals surface area (Å²) in [5.41, 5.74) is 0.790. The van der Waals surface area contributed by atoms with Crippen molar-refractivity contribution in [2.75, 3.05) is 12.4 Å². The fraction of sp³-hybridized carbons (Fsp3) is 0.529. The van der Waals surface area contributed by atoms with Crippen LogP contribution in [0.3, 0.4) is 0 Å². The topological polar surface area (TPSA) is 67.4 Å². The monoisotopic (exact) mass is 354 g/mol. The summed E-state index contributed by atoms with van der Waals surface area (Å²) < 4.78 is 18.4. The molecule has 1 aromatic carbocycles. The summed E-state index contributed by atoms with van der Waals surface area (Å²) in [5.74, 6) is 0.145. The average molecular weight is 354 g/mol. The molecule has 1 heterocycles. The minimum atomic E-state index is -0.698. The number of amides is 2. The fourth-order valence-electron chi connectivity index (χ4n) is 2.61. The molecular weight excluding hydrogens is 331 g/mol. The number of hydrogen-bond donors (Lipinski definition) is 2. The predicted molar refractivity (Wildman–Crippen MR) is 91.4 cm³/mol. The molecule has 2 N–H and O–H groups in total. The molecule has 0 aliphatic carbocycles. The molecule has 0 saturated carbocycles. The standard InChI is InChI=1S/C17H23FN2O3S/c1-4-23-17(22)20-15(10(2)3)16(21)19-13-7-8-24-14-6-5-11(18)9-12(13)14/h5-6,9-10,13,15H,4,7-8H2,1-3H3,(H,19,21)(H,20,22)/t13-,15+/m1/s1. The van der Waals surface area contributed by atoms with Gasteiger partial charge in [-0.15, -0.1) is 11.8 Å². The van der Waals surface area contributed by atoms with Crippen molar-refractivity contribution in [2.45, 2.75) is 44.2 Å². The van der Waals surface area contributed by atoms with Crippen LogP contribution in [0.15, 0.2) is 23.1 Å². The smallest absolute Gasteiger partial charge is 0.407 e. The number of benzene rings is 1. The molecule has 1 aliphatic rings. The van der Waals surface area contributed by atoms with Gasteiger partial charge in [0.05, 0.1) is 12.6 Å².